The molecule has 1 aliphatic rings. The molecule has 0 spiro atoms. The fraction of sp³-hybridized carbons (Fsp3) is 1.00. The van der Waals surface area contributed by atoms with E-state index in [0.29, 0.717) is 6.04 Å². The van der Waals surface area contributed by atoms with Gasteiger partial charge in [0.25, 0.3) is 0 Å². The van der Waals surface area contributed by atoms with Crippen LogP contribution >= 0.6 is 0 Å². The molecule has 4 nitrogen and oxygen atoms in total. The Hall–Kier alpha value is -0.130. The molecule has 0 saturated heterocycles. The fourth-order valence-electron chi connectivity index (χ4n) is 1.90. The second-order valence-corrected chi connectivity index (χ2v) is 8.04. The van der Waals surface area contributed by atoms with E-state index in [9.17, 15) is 8.42 Å². The molecule has 16 heavy (non-hydrogen) atoms. The van der Waals surface area contributed by atoms with Crippen LogP contribution in [-0.4, -0.2) is 32.3 Å². The zero-order chi connectivity index (χ0) is 12.4. The molecule has 0 aromatic rings. The molecule has 0 aromatic heterocycles. The van der Waals surface area contributed by atoms with E-state index in [2.05, 4.69) is 10.0 Å². The first-order valence-electron chi connectivity index (χ1n) is 5.95. The van der Waals surface area contributed by atoms with Crippen LogP contribution < -0.4 is 10.0 Å². The molecule has 96 valence electrons. The Kier molecular flexibility index (Phi) is 4.37. The molecule has 0 aromatic carbocycles. The van der Waals surface area contributed by atoms with Gasteiger partial charge < -0.3 is 5.32 Å². The minimum Gasteiger partial charge on any atom is -0.317 e. The third kappa shape index (κ3) is 3.43. The van der Waals surface area contributed by atoms with Crippen LogP contribution in [0.25, 0.3) is 0 Å². The molecule has 5 heteroatoms. The lowest BCUT2D eigenvalue weighted by Gasteiger charge is -2.31. The average Bonchev–Trinajstić information content (AvgIpc) is 2.16. The molecule has 0 bridgehead atoms. The topological polar surface area (TPSA) is 58.2 Å². The van der Waals surface area contributed by atoms with Crippen molar-refractivity contribution >= 4 is 10.0 Å². The van der Waals surface area contributed by atoms with Gasteiger partial charge in [-0.1, -0.05) is 0 Å². The third-order valence-electron chi connectivity index (χ3n) is 3.26. The molecule has 1 saturated carbocycles. The van der Waals surface area contributed by atoms with Gasteiger partial charge in [-0.2, -0.15) is 0 Å². The minimum absolute atomic E-state index is 0.119. The van der Waals surface area contributed by atoms with Crippen molar-refractivity contribution < 1.29 is 8.42 Å². The predicted molar refractivity (Wildman–Crippen MR) is 66.9 cm³/mol. The highest BCUT2D eigenvalue weighted by Crippen LogP contribution is 2.21. The first kappa shape index (κ1) is 13.9. The number of hydrogen-bond acceptors (Lipinski definition) is 3. The second-order valence-electron chi connectivity index (χ2n) is 5.57. The lowest BCUT2D eigenvalue weighted by Crippen LogP contribution is -2.47. The molecular weight excluding hydrogens is 224 g/mol. The van der Waals surface area contributed by atoms with Crippen LogP contribution in [0.2, 0.25) is 0 Å². The summed E-state index contributed by atoms with van der Waals surface area (Å²) in [6.45, 7) is 5.19. The van der Waals surface area contributed by atoms with Crippen molar-refractivity contribution in [3.8, 4) is 0 Å². The van der Waals surface area contributed by atoms with Crippen LogP contribution in [0.4, 0.5) is 0 Å². The van der Waals surface area contributed by atoms with Crippen LogP contribution in [0, 0.1) is 0 Å². The molecule has 0 atom stereocenters. The van der Waals surface area contributed by atoms with E-state index in [1.165, 1.54) is 0 Å². The van der Waals surface area contributed by atoms with Gasteiger partial charge in [-0.15, -0.1) is 0 Å². The summed E-state index contributed by atoms with van der Waals surface area (Å²) in [7, 11) is -1.23. The molecule has 2 N–H and O–H groups in total. The predicted octanol–water partition coefficient (Wildman–Crippen LogP) is 1.23. The maximum Gasteiger partial charge on any atom is 0.216 e. The largest absolute Gasteiger partial charge is 0.317 e. The smallest absolute Gasteiger partial charge is 0.216 e. The normalized spacial score (nSPS) is 28.0. The van der Waals surface area contributed by atoms with E-state index in [1.807, 2.05) is 7.05 Å². The van der Waals surface area contributed by atoms with Gasteiger partial charge in [0.1, 0.15) is 0 Å². The van der Waals surface area contributed by atoms with Gasteiger partial charge in [-0.3, -0.25) is 0 Å². The molecule has 0 aliphatic heterocycles. The molecule has 1 aliphatic carbocycles. The van der Waals surface area contributed by atoms with Crippen molar-refractivity contribution in [2.24, 2.45) is 0 Å². The molecule has 1 fully saturated rings. The Morgan fingerprint density at radius 1 is 1.00 bits per heavy atom. The van der Waals surface area contributed by atoms with Gasteiger partial charge in [0.2, 0.25) is 10.0 Å². The maximum absolute atomic E-state index is 11.9. The number of hydrogen-bond donors (Lipinski definition) is 2. The second kappa shape index (κ2) is 5.02. The van der Waals surface area contributed by atoms with E-state index in [0.717, 1.165) is 25.7 Å². The lowest BCUT2D eigenvalue weighted by atomic mass is 9.92. The molecular formula is C11H24N2O2S. The molecule has 0 heterocycles. The lowest BCUT2D eigenvalue weighted by molar-refractivity contribution is 0.341. The number of rotatable bonds is 3. The van der Waals surface area contributed by atoms with Gasteiger partial charge in [0.15, 0.2) is 0 Å². The first-order chi connectivity index (χ1) is 7.26. The van der Waals surface area contributed by atoms with Crippen LogP contribution in [0.5, 0.6) is 0 Å². The van der Waals surface area contributed by atoms with Gasteiger partial charge >= 0.3 is 0 Å². The van der Waals surface area contributed by atoms with Gasteiger partial charge in [0.05, 0.1) is 4.75 Å². The first-order valence-corrected chi connectivity index (χ1v) is 7.44. The number of nitrogens with one attached hydrogen (secondary N) is 2. The van der Waals surface area contributed by atoms with E-state index in [1.54, 1.807) is 20.8 Å². The van der Waals surface area contributed by atoms with Crippen molar-refractivity contribution in [2.45, 2.75) is 63.3 Å². The summed E-state index contributed by atoms with van der Waals surface area (Å²) in [5, 5.41) is 3.24. The SMILES string of the molecule is CNC1CCC(NS(=O)(=O)C(C)(C)C)CC1. The summed E-state index contributed by atoms with van der Waals surface area (Å²) in [5.41, 5.74) is 0. The Morgan fingerprint density at radius 3 is 1.81 bits per heavy atom. The van der Waals surface area contributed by atoms with Crippen molar-refractivity contribution in [1.82, 2.24) is 10.0 Å². The Balaban J connectivity index is 2.52. The summed E-state index contributed by atoms with van der Waals surface area (Å²) in [5.74, 6) is 0. The van der Waals surface area contributed by atoms with Crippen molar-refractivity contribution in [2.75, 3.05) is 7.05 Å². The highest BCUT2D eigenvalue weighted by atomic mass is 32.2. The third-order valence-corrected chi connectivity index (χ3v) is 5.52. The Bertz CT molecular complexity index is 311. The number of sulfonamides is 1. The van der Waals surface area contributed by atoms with Crippen molar-refractivity contribution in [1.29, 1.82) is 0 Å². The summed E-state index contributed by atoms with van der Waals surface area (Å²) >= 11 is 0. The summed E-state index contributed by atoms with van der Waals surface area (Å²) < 4.78 is 26.0. The summed E-state index contributed by atoms with van der Waals surface area (Å²) in [4.78, 5) is 0. The Morgan fingerprint density at radius 2 is 1.44 bits per heavy atom. The summed E-state index contributed by atoms with van der Waals surface area (Å²) in [6.07, 6.45) is 3.96. The highest BCUT2D eigenvalue weighted by molar-refractivity contribution is 7.90. The van der Waals surface area contributed by atoms with Crippen LogP contribution in [0.3, 0.4) is 0 Å². The van der Waals surface area contributed by atoms with E-state index in [4.69, 9.17) is 0 Å². The zero-order valence-corrected chi connectivity index (χ0v) is 11.5. The van der Waals surface area contributed by atoms with Gasteiger partial charge in [-0.25, -0.2) is 13.1 Å². The van der Waals surface area contributed by atoms with E-state index < -0.39 is 14.8 Å². The quantitative estimate of drug-likeness (QED) is 0.790. The van der Waals surface area contributed by atoms with Gasteiger partial charge in [0, 0.05) is 12.1 Å². The van der Waals surface area contributed by atoms with Crippen LogP contribution in [0.1, 0.15) is 46.5 Å². The van der Waals surface area contributed by atoms with Gasteiger partial charge in [-0.05, 0) is 53.5 Å². The van der Waals surface area contributed by atoms with Crippen LogP contribution in [0.15, 0.2) is 0 Å². The molecule has 0 unspecified atom stereocenters. The minimum atomic E-state index is -3.19. The summed E-state index contributed by atoms with van der Waals surface area (Å²) in [6, 6.07) is 0.671. The van der Waals surface area contributed by atoms with Crippen LogP contribution in [-0.2, 0) is 10.0 Å². The highest BCUT2D eigenvalue weighted by Gasteiger charge is 2.32. The average molecular weight is 248 g/mol. The standard InChI is InChI=1S/C11H24N2O2S/c1-11(2,3)16(14,15)13-10-7-5-9(12-4)6-8-10/h9-10,12-13H,5-8H2,1-4H3. The molecule has 0 radical (unpaired) electrons. The maximum atomic E-state index is 11.9. The fourth-order valence-corrected chi connectivity index (χ4v) is 2.92. The Labute approximate surface area is 99.2 Å². The molecule has 0 amide bonds. The van der Waals surface area contributed by atoms with E-state index >= 15 is 0 Å². The van der Waals surface area contributed by atoms with Crippen molar-refractivity contribution in [3.05, 3.63) is 0 Å². The monoisotopic (exact) mass is 248 g/mol. The zero-order valence-electron chi connectivity index (χ0n) is 10.7. The van der Waals surface area contributed by atoms with E-state index in [-0.39, 0.29) is 6.04 Å². The van der Waals surface area contributed by atoms with Crippen molar-refractivity contribution in [3.63, 3.8) is 0 Å². The molecule has 1 rings (SSSR count).